The predicted octanol–water partition coefficient (Wildman–Crippen LogP) is 4.16. The van der Waals surface area contributed by atoms with Crippen molar-refractivity contribution in [3.8, 4) is 11.1 Å². The van der Waals surface area contributed by atoms with Gasteiger partial charge in [-0.1, -0.05) is 37.8 Å². The van der Waals surface area contributed by atoms with Crippen LogP contribution >= 0.6 is 0 Å². The molecular formula is C21H30N6O3SSi. The van der Waals surface area contributed by atoms with Crippen molar-refractivity contribution in [3.05, 3.63) is 48.8 Å². The van der Waals surface area contributed by atoms with E-state index in [0.717, 1.165) is 11.6 Å². The van der Waals surface area contributed by atoms with Crippen LogP contribution in [0, 0.1) is 0 Å². The number of hydrogen-bond acceptors (Lipinski definition) is 7. The van der Waals surface area contributed by atoms with Gasteiger partial charge in [-0.3, -0.25) is 4.72 Å². The molecule has 0 saturated heterocycles. The van der Waals surface area contributed by atoms with Crippen molar-refractivity contribution in [2.24, 2.45) is 0 Å². The Hall–Kier alpha value is -2.76. The topological polar surface area (TPSA) is 111 Å². The van der Waals surface area contributed by atoms with Gasteiger partial charge in [-0.2, -0.15) is 10.2 Å². The molecule has 0 bridgehead atoms. The van der Waals surface area contributed by atoms with E-state index < -0.39 is 18.1 Å². The van der Waals surface area contributed by atoms with E-state index in [9.17, 15) is 8.42 Å². The average Bonchev–Trinajstić information content (AvgIpc) is 3.13. The van der Waals surface area contributed by atoms with Crippen LogP contribution in [0.25, 0.3) is 11.1 Å². The van der Waals surface area contributed by atoms with Crippen LogP contribution in [0.4, 0.5) is 17.3 Å². The lowest BCUT2D eigenvalue weighted by Gasteiger charge is -2.17. The van der Waals surface area contributed by atoms with E-state index in [-0.39, 0.29) is 12.5 Å². The van der Waals surface area contributed by atoms with Crippen LogP contribution in [0.2, 0.25) is 25.7 Å². The van der Waals surface area contributed by atoms with Gasteiger partial charge in [0.15, 0.2) is 5.82 Å². The van der Waals surface area contributed by atoms with Crippen molar-refractivity contribution in [3.63, 3.8) is 0 Å². The lowest BCUT2D eigenvalue weighted by Crippen LogP contribution is -2.22. The van der Waals surface area contributed by atoms with Gasteiger partial charge in [0.25, 0.3) is 0 Å². The normalized spacial score (nSPS) is 12.0. The number of hydrogen-bond donors (Lipinski definition) is 2. The fourth-order valence-electron chi connectivity index (χ4n) is 2.88. The summed E-state index contributed by atoms with van der Waals surface area (Å²) in [5, 5.41) is 15.8. The smallest absolute Gasteiger partial charge is 0.232 e. The van der Waals surface area contributed by atoms with E-state index in [1.165, 1.54) is 0 Å². The first-order valence-electron chi connectivity index (χ1n) is 10.5. The fourth-order valence-corrected chi connectivity index (χ4v) is 4.29. The molecule has 0 fully saturated rings. The minimum absolute atomic E-state index is 0.0176. The van der Waals surface area contributed by atoms with Crippen LogP contribution in [-0.4, -0.2) is 48.8 Å². The van der Waals surface area contributed by atoms with Gasteiger partial charge >= 0.3 is 0 Å². The highest BCUT2D eigenvalue weighted by Gasteiger charge is 2.19. The van der Waals surface area contributed by atoms with Crippen LogP contribution in [-0.2, 0) is 21.5 Å². The minimum atomic E-state index is -3.44. The van der Waals surface area contributed by atoms with E-state index in [1.54, 1.807) is 48.3 Å². The summed E-state index contributed by atoms with van der Waals surface area (Å²) in [6.45, 7) is 9.42. The van der Waals surface area contributed by atoms with Gasteiger partial charge in [0.1, 0.15) is 12.5 Å². The van der Waals surface area contributed by atoms with E-state index in [4.69, 9.17) is 4.74 Å². The molecule has 2 aromatic heterocycles. The molecule has 2 N–H and O–H groups in total. The molecule has 32 heavy (non-hydrogen) atoms. The molecule has 9 nitrogen and oxygen atoms in total. The Balaban J connectivity index is 1.95. The van der Waals surface area contributed by atoms with Crippen molar-refractivity contribution in [1.29, 1.82) is 0 Å². The monoisotopic (exact) mass is 474 g/mol. The molecule has 0 unspecified atom stereocenters. The maximum Gasteiger partial charge on any atom is 0.232 e. The standard InChI is InChI=1S/C21H30N6O3SSi/c1-5-31(28,29)26-19-10-7-6-9-17(19)18-15-23-27(16-30-13-14-32(2,3)4)21(18)24-20-11-8-12-22-25-20/h6-12,15,26H,5,13-14,16H2,1-4H3,(H,24,25). The van der Waals surface area contributed by atoms with E-state index in [2.05, 4.69) is 45.0 Å². The van der Waals surface area contributed by atoms with Gasteiger partial charge in [0.05, 0.1) is 17.6 Å². The Morgan fingerprint density at radius 2 is 1.88 bits per heavy atom. The van der Waals surface area contributed by atoms with Gasteiger partial charge in [0.2, 0.25) is 10.0 Å². The average molecular weight is 475 g/mol. The molecule has 0 amide bonds. The second kappa shape index (κ2) is 10.2. The number of ether oxygens (including phenoxy) is 1. The van der Waals surface area contributed by atoms with Crippen molar-refractivity contribution < 1.29 is 13.2 Å². The molecule has 3 rings (SSSR count). The molecule has 0 radical (unpaired) electrons. The molecule has 0 aliphatic heterocycles. The van der Waals surface area contributed by atoms with Crippen molar-refractivity contribution in [2.45, 2.75) is 39.3 Å². The quantitative estimate of drug-likeness (QED) is 0.317. The van der Waals surface area contributed by atoms with E-state index in [1.807, 2.05) is 12.1 Å². The Kier molecular flexibility index (Phi) is 7.64. The lowest BCUT2D eigenvalue weighted by molar-refractivity contribution is 0.0801. The molecule has 1 aromatic carbocycles. The molecule has 172 valence electrons. The van der Waals surface area contributed by atoms with Crippen molar-refractivity contribution >= 4 is 35.4 Å². The summed E-state index contributed by atoms with van der Waals surface area (Å²) >= 11 is 0. The number of para-hydroxylation sites is 1. The second-order valence-electron chi connectivity index (χ2n) is 8.54. The zero-order valence-corrected chi connectivity index (χ0v) is 20.7. The van der Waals surface area contributed by atoms with E-state index >= 15 is 0 Å². The van der Waals surface area contributed by atoms with Crippen LogP contribution in [0.5, 0.6) is 0 Å². The summed E-state index contributed by atoms with van der Waals surface area (Å²) in [6.07, 6.45) is 3.29. The van der Waals surface area contributed by atoms with Crippen molar-refractivity contribution in [2.75, 3.05) is 22.4 Å². The summed E-state index contributed by atoms with van der Waals surface area (Å²) in [7, 11) is -4.65. The Labute approximate surface area is 190 Å². The third-order valence-corrected chi connectivity index (χ3v) is 7.73. The molecule has 0 atom stereocenters. The molecule has 3 aromatic rings. The summed E-state index contributed by atoms with van der Waals surface area (Å²) in [6, 6.07) is 11.9. The predicted molar refractivity (Wildman–Crippen MR) is 130 cm³/mol. The van der Waals surface area contributed by atoms with Gasteiger partial charge < -0.3 is 10.1 Å². The first-order valence-corrected chi connectivity index (χ1v) is 15.8. The fraction of sp³-hybridized carbons (Fsp3) is 0.381. The molecule has 0 saturated carbocycles. The first-order chi connectivity index (χ1) is 15.2. The SMILES string of the molecule is CCS(=O)(=O)Nc1ccccc1-c1cnn(COCC[Si](C)(C)C)c1Nc1cccnn1. The van der Waals surface area contributed by atoms with Crippen LogP contribution < -0.4 is 10.0 Å². The van der Waals surface area contributed by atoms with E-state index in [0.29, 0.717) is 29.5 Å². The molecular weight excluding hydrogens is 444 g/mol. The molecule has 0 spiro atoms. The zero-order valence-electron chi connectivity index (χ0n) is 18.9. The van der Waals surface area contributed by atoms with Crippen LogP contribution in [0.3, 0.4) is 0 Å². The first kappa shape index (κ1) is 23.9. The Morgan fingerprint density at radius 3 is 2.56 bits per heavy atom. The zero-order chi connectivity index (χ0) is 23.2. The van der Waals surface area contributed by atoms with Gasteiger partial charge in [0, 0.05) is 32.0 Å². The number of aromatic nitrogens is 4. The third-order valence-electron chi connectivity index (χ3n) is 4.73. The van der Waals surface area contributed by atoms with Crippen molar-refractivity contribution in [1.82, 2.24) is 20.0 Å². The van der Waals surface area contributed by atoms with Gasteiger partial charge in [-0.15, -0.1) is 5.10 Å². The maximum atomic E-state index is 12.2. The number of nitrogens with zero attached hydrogens (tertiary/aromatic N) is 4. The molecule has 0 aliphatic carbocycles. The van der Waals surface area contributed by atoms with Gasteiger partial charge in [-0.25, -0.2) is 13.1 Å². The molecule has 0 aliphatic rings. The minimum Gasteiger partial charge on any atom is -0.359 e. The highest BCUT2D eigenvalue weighted by Crippen LogP contribution is 2.35. The maximum absolute atomic E-state index is 12.2. The summed E-state index contributed by atoms with van der Waals surface area (Å²) in [5.74, 6) is 1.17. The second-order valence-corrected chi connectivity index (χ2v) is 16.2. The largest absolute Gasteiger partial charge is 0.359 e. The highest BCUT2D eigenvalue weighted by atomic mass is 32.2. The summed E-state index contributed by atoms with van der Waals surface area (Å²) < 4.78 is 34.7. The number of sulfonamides is 1. The van der Waals surface area contributed by atoms with Crippen LogP contribution in [0.15, 0.2) is 48.8 Å². The number of anilines is 3. The summed E-state index contributed by atoms with van der Waals surface area (Å²) in [4.78, 5) is 0. The third kappa shape index (κ3) is 6.62. The summed E-state index contributed by atoms with van der Waals surface area (Å²) in [5.41, 5.74) is 1.90. The molecule has 11 heteroatoms. The molecule has 2 heterocycles. The lowest BCUT2D eigenvalue weighted by atomic mass is 10.1. The number of benzene rings is 1. The number of rotatable bonds is 11. The number of nitrogens with one attached hydrogen (secondary N) is 2. The highest BCUT2D eigenvalue weighted by molar-refractivity contribution is 7.92. The van der Waals surface area contributed by atoms with Crippen LogP contribution in [0.1, 0.15) is 6.92 Å². The Morgan fingerprint density at radius 1 is 1.09 bits per heavy atom. The Bertz CT molecular complexity index is 1130. The van der Waals surface area contributed by atoms with Gasteiger partial charge in [-0.05, 0) is 31.2 Å².